The predicted octanol–water partition coefficient (Wildman–Crippen LogP) is 5.54. The summed E-state index contributed by atoms with van der Waals surface area (Å²) in [4.78, 5) is 12.7. The van der Waals surface area contributed by atoms with Crippen molar-refractivity contribution in [1.82, 2.24) is 0 Å². The maximum absolute atomic E-state index is 12.7. The third-order valence-corrected chi connectivity index (χ3v) is 9.25. The van der Waals surface area contributed by atoms with Crippen molar-refractivity contribution in [2.75, 3.05) is 0 Å². The van der Waals surface area contributed by atoms with Gasteiger partial charge < -0.3 is 9.84 Å². The third kappa shape index (κ3) is 3.00. The lowest BCUT2D eigenvalue weighted by Crippen LogP contribution is -2.51. The molecule has 1 aromatic rings. The Labute approximate surface area is 174 Å². The van der Waals surface area contributed by atoms with E-state index in [1.54, 1.807) is 0 Å². The van der Waals surface area contributed by atoms with Crippen molar-refractivity contribution in [3.05, 3.63) is 47.5 Å². The molecule has 0 aromatic heterocycles. The van der Waals surface area contributed by atoms with Gasteiger partial charge in [0.05, 0.1) is 11.7 Å². The number of allylic oxidation sites excluding steroid dienone is 1. The first-order valence-corrected chi connectivity index (χ1v) is 11.6. The number of carbonyl (C=O) groups excluding carboxylic acids is 1. The van der Waals surface area contributed by atoms with Crippen molar-refractivity contribution >= 4 is 5.97 Å². The molecule has 0 radical (unpaired) electrons. The van der Waals surface area contributed by atoms with Crippen LogP contribution in [0, 0.1) is 28.6 Å². The molecule has 0 unspecified atom stereocenters. The van der Waals surface area contributed by atoms with Crippen LogP contribution in [0.4, 0.5) is 0 Å². The summed E-state index contributed by atoms with van der Waals surface area (Å²) in [7, 11) is 0. The quantitative estimate of drug-likeness (QED) is 0.529. The van der Waals surface area contributed by atoms with Crippen molar-refractivity contribution in [2.45, 2.75) is 77.4 Å². The Morgan fingerprint density at radius 3 is 2.62 bits per heavy atom. The Bertz CT molecular complexity index is 815. The lowest BCUT2D eigenvalue weighted by atomic mass is 9.48. The lowest BCUT2D eigenvalue weighted by Gasteiger charge is -2.57. The first-order chi connectivity index (χ1) is 13.9. The number of esters is 1. The molecule has 0 aliphatic heterocycles. The summed E-state index contributed by atoms with van der Waals surface area (Å²) >= 11 is 0. The Morgan fingerprint density at radius 1 is 1.03 bits per heavy atom. The van der Waals surface area contributed by atoms with Gasteiger partial charge in [0.1, 0.15) is 6.10 Å². The molecule has 0 spiro atoms. The fraction of sp³-hybridized carbons (Fsp3) is 0.654. The highest BCUT2D eigenvalue weighted by Gasteiger charge is 2.59. The van der Waals surface area contributed by atoms with Crippen LogP contribution < -0.4 is 0 Å². The van der Waals surface area contributed by atoms with Gasteiger partial charge in [-0.3, -0.25) is 0 Å². The van der Waals surface area contributed by atoms with Crippen molar-refractivity contribution in [1.29, 1.82) is 0 Å². The van der Waals surface area contributed by atoms with Crippen LogP contribution >= 0.6 is 0 Å². The fourth-order valence-corrected chi connectivity index (χ4v) is 7.56. The second kappa shape index (κ2) is 6.97. The van der Waals surface area contributed by atoms with E-state index in [0.717, 1.165) is 44.4 Å². The Kier molecular flexibility index (Phi) is 4.66. The van der Waals surface area contributed by atoms with Crippen molar-refractivity contribution < 1.29 is 14.6 Å². The number of aliphatic hydroxyl groups excluding tert-OH is 1. The molecule has 156 valence electrons. The highest BCUT2D eigenvalue weighted by atomic mass is 16.5. The van der Waals surface area contributed by atoms with Crippen LogP contribution in [0.2, 0.25) is 0 Å². The van der Waals surface area contributed by atoms with Crippen molar-refractivity contribution in [3.63, 3.8) is 0 Å². The summed E-state index contributed by atoms with van der Waals surface area (Å²) in [6.07, 6.45) is 11.0. The maximum atomic E-state index is 12.7. The number of benzene rings is 1. The van der Waals surface area contributed by atoms with E-state index >= 15 is 0 Å². The topological polar surface area (TPSA) is 46.5 Å². The van der Waals surface area contributed by atoms with Gasteiger partial charge in [-0.25, -0.2) is 4.79 Å². The van der Waals surface area contributed by atoms with Crippen molar-refractivity contribution in [2.24, 2.45) is 28.6 Å². The van der Waals surface area contributed by atoms with E-state index in [2.05, 4.69) is 19.9 Å². The summed E-state index contributed by atoms with van der Waals surface area (Å²) in [5, 5.41) is 10.2. The van der Waals surface area contributed by atoms with Gasteiger partial charge in [0.25, 0.3) is 0 Å². The van der Waals surface area contributed by atoms with Crippen LogP contribution in [0.15, 0.2) is 42.0 Å². The second-order valence-corrected chi connectivity index (χ2v) is 10.5. The van der Waals surface area contributed by atoms with E-state index in [1.165, 1.54) is 18.4 Å². The minimum Gasteiger partial charge on any atom is -0.458 e. The Hall–Kier alpha value is -1.61. The minimum absolute atomic E-state index is 0.0347. The number of carbonyl (C=O) groups is 1. The van der Waals surface area contributed by atoms with Crippen LogP contribution in [-0.4, -0.2) is 23.3 Å². The molecular formula is C26H34O3. The van der Waals surface area contributed by atoms with Gasteiger partial charge in [-0.2, -0.15) is 0 Å². The zero-order chi connectivity index (χ0) is 20.2. The van der Waals surface area contributed by atoms with Crippen LogP contribution in [0.3, 0.4) is 0 Å². The van der Waals surface area contributed by atoms with Gasteiger partial charge in [0, 0.05) is 5.41 Å². The van der Waals surface area contributed by atoms with E-state index in [-0.39, 0.29) is 29.0 Å². The molecule has 29 heavy (non-hydrogen) atoms. The molecule has 0 amide bonds. The first kappa shape index (κ1) is 19.4. The summed E-state index contributed by atoms with van der Waals surface area (Å²) < 4.78 is 6.11. The molecule has 7 atom stereocenters. The predicted molar refractivity (Wildman–Crippen MR) is 113 cm³/mol. The van der Waals surface area contributed by atoms with Gasteiger partial charge in [-0.05, 0) is 86.7 Å². The van der Waals surface area contributed by atoms with Crippen LogP contribution in [0.5, 0.6) is 0 Å². The van der Waals surface area contributed by atoms with Gasteiger partial charge in [-0.1, -0.05) is 43.7 Å². The standard InChI is InChI=1S/C26H34O3/c1-25-14-12-19(27)16-18(25)8-9-20-21-10-11-23(26(21,2)15-13-22(20)25)29-24(28)17-6-4-3-5-7-17/h3-8,19-23,27H,9-16H2,1-2H3/t19-,20-,21+,22-,23+,25+,26+/m1/s1. The number of ether oxygens (including phenoxy) is 1. The monoisotopic (exact) mass is 394 g/mol. The van der Waals surface area contributed by atoms with E-state index in [4.69, 9.17) is 4.74 Å². The van der Waals surface area contributed by atoms with Crippen LogP contribution in [0.1, 0.15) is 75.6 Å². The molecular weight excluding hydrogens is 360 g/mol. The van der Waals surface area contributed by atoms with Crippen LogP contribution in [0.25, 0.3) is 0 Å². The number of hydrogen-bond acceptors (Lipinski definition) is 3. The fourth-order valence-electron chi connectivity index (χ4n) is 7.56. The number of rotatable bonds is 2. The molecule has 3 fully saturated rings. The van der Waals surface area contributed by atoms with E-state index in [0.29, 0.717) is 17.4 Å². The largest absolute Gasteiger partial charge is 0.458 e. The minimum atomic E-state index is -0.168. The summed E-state index contributed by atoms with van der Waals surface area (Å²) in [6, 6.07) is 9.42. The molecule has 3 heteroatoms. The molecule has 1 N–H and O–H groups in total. The van der Waals surface area contributed by atoms with Gasteiger partial charge in [0.15, 0.2) is 0 Å². The zero-order valence-corrected chi connectivity index (χ0v) is 17.8. The highest BCUT2D eigenvalue weighted by Crippen LogP contribution is 2.65. The zero-order valence-electron chi connectivity index (χ0n) is 17.8. The average Bonchev–Trinajstić information content (AvgIpc) is 3.05. The van der Waals surface area contributed by atoms with Gasteiger partial charge in [0.2, 0.25) is 0 Å². The SMILES string of the molecule is C[C@]12CC[C@@H]3[C@H](CC=C4C[C@H](O)CC[C@@]43C)[C@@H]1CC[C@@H]2OC(=O)c1ccccc1. The average molecular weight is 395 g/mol. The molecule has 0 heterocycles. The maximum Gasteiger partial charge on any atom is 0.338 e. The number of hydrogen-bond donors (Lipinski definition) is 1. The number of aliphatic hydroxyl groups is 1. The molecule has 5 rings (SSSR count). The second-order valence-electron chi connectivity index (χ2n) is 10.5. The summed E-state index contributed by atoms with van der Waals surface area (Å²) in [5.41, 5.74) is 2.54. The van der Waals surface area contributed by atoms with Gasteiger partial charge >= 0.3 is 5.97 Å². The molecule has 3 saturated carbocycles. The van der Waals surface area contributed by atoms with Gasteiger partial charge in [-0.15, -0.1) is 0 Å². The molecule has 4 aliphatic carbocycles. The van der Waals surface area contributed by atoms with Crippen molar-refractivity contribution in [3.8, 4) is 0 Å². The van der Waals surface area contributed by atoms with E-state index in [9.17, 15) is 9.90 Å². The molecule has 1 aromatic carbocycles. The van der Waals surface area contributed by atoms with E-state index in [1.807, 2.05) is 30.3 Å². The highest BCUT2D eigenvalue weighted by molar-refractivity contribution is 5.89. The molecule has 3 nitrogen and oxygen atoms in total. The Morgan fingerprint density at radius 2 is 1.83 bits per heavy atom. The molecule has 0 bridgehead atoms. The smallest absolute Gasteiger partial charge is 0.338 e. The van der Waals surface area contributed by atoms with Crippen LogP contribution in [-0.2, 0) is 4.74 Å². The van der Waals surface area contributed by atoms with E-state index < -0.39 is 0 Å². The Balaban J connectivity index is 1.36. The molecule has 0 saturated heterocycles. The number of fused-ring (bicyclic) bond motifs is 5. The summed E-state index contributed by atoms with van der Waals surface area (Å²) in [6.45, 7) is 4.85. The lowest BCUT2D eigenvalue weighted by molar-refractivity contribution is -0.0778. The first-order valence-electron chi connectivity index (χ1n) is 11.6. The molecule has 4 aliphatic rings. The third-order valence-electron chi connectivity index (χ3n) is 9.25. The summed E-state index contributed by atoms with van der Waals surface area (Å²) in [5.74, 6) is 1.88. The normalized spacial score (nSPS) is 43.6.